The Labute approximate surface area is 191 Å². The van der Waals surface area contributed by atoms with E-state index < -0.39 is 23.8 Å². The Bertz CT molecular complexity index is 872. The maximum absolute atomic E-state index is 12.8. The molecule has 0 heterocycles. The first-order valence-electron chi connectivity index (χ1n) is 10.8. The molecule has 2 rings (SSSR count). The molecule has 0 spiro atoms. The zero-order valence-corrected chi connectivity index (χ0v) is 18.8. The number of carbonyl (C=O) groups is 2. The third-order valence-electron chi connectivity index (χ3n) is 5.03. The number of alkyl halides is 3. The minimum Gasteiger partial charge on any atom is -0.336 e. The molecule has 0 atom stereocenters. The first-order chi connectivity index (χ1) is 15.7. The van der Waals surface area contributed by atoms with E-state index in [4.69, 9.17) is 0 Å². The first-order valence-corrected chi connectivity index (χ1v) is 10.8. The van der Waals surface area contributed by atoms with Crippen molar-refractivity contribution < 1.29 is 22.8 Å². The second-order valence-electron chi connectivity index (χ2n) is 7.27. The molecule has 0 radical (unpaired) electrons. The van der Waals surface area contributed by atoms with Crippen molar-refractivity contribution in [2.24, 2.45) is 0 Å². The molecule has 0 aliphatic carbocycles. The van der Waals surface area contributed by atoms with Crippen molar-refractivity contribution >= 4 is 23.4 Å². The zero-order chi connectivity index (χ0) is 24.3. The summed E-state index contributed by atoms with van der Waals surface area (Å²) in [5, 5.41) is 8.04. The van der Waals surface area contributed by atoms with Gasteiger partial charge >= 0.3 is 18.2 Å². The molecule has 0 saturated heterocycles. The quantitative estimate of drug-likeness (QED) is 0.476. The van der Waals surface area contributed by atoms with Crippen molar-refractivity contribution in [3.05, 3.63) is 60.2 Å². The second kappa shape index (κ2) is 12.7. The summed E-state index contributed by atoms with van der Waals surface area (Å²) >= 11 is 0. The molecule has 7 nitrogen and oxygen atoms in total. The number of likely N-dealkylation sites (N-methyl/N-ethyl adjacent to an activating group) is 1. The van der Waals surface area contributed by atoms with E-state index in [2.05, 4.69) is 20.9 Å². The van der Waals surface area contributed by atoms with Gasteiger partial charge in [-0.15, -0.1) is 0 Å². The molecule has 2 aromatic rings. The van der Waals surface area contributed by atoms with Crippen LogP contribution in [0.5, 0.6) is 0 Å². The molecule has 2 aromatic carbocycles. The number of nitrogens with one attached hydrogen (secondary N) is 3. The smallest absolute Gasteiger partial charge is 0.336 e. The van der Waals surface area contributed by atoms with Gasteiger partial charge in [0.1, 0.15) is 0 Å². The molecule has 0 fully saturated rings. The number of nitrogens with zero attached hydrogens (tertiary/aromatic N) is 2. The lowest BCUT2D eigenvalue weighted by Gasteiger charge is -2.27. The van der Waals surface area contributed by atoms with Crippen molar-refractivity contribution in [3.8, 4) is 0 Å². The highest BCUT2D eigenvalue weighted by Gasteiger charge is 2.30. The maximum Gasteiger partial charge on any atom is 0.416 e. The van der Waals surface area contributed by atoms with Crippen molar-refractivity contribution in [2.75, 3.05) is 49.9 Å². The predicted molar refractivity (Wildman–Crippen MR) is 123 cm³/mol. The summed E-state index contributed by atoms with van der Waals surface area (Å²) in [6.45, 7) is 7.15. The van der Waals surface area contributed by atoms with Gasteiger partial charge in [0.2, 0.25) is 0 Å². The number of benzene rings is 2. The van der Waals surface area contributed by atoms with Gasteiger partial charge in [-0.1, -0.05) is 32.0 Å². The third kappa shape index (κ3) is 9.01. The summed E-state index contributed by atoms with van der Waals surface area (Å²) in [6.07, 6.45) is -4.44. The van der Waals surface area contributed by atoms with Crippen LogP contribution in [0.1, 0.15) is 19.4 Å². The Morgan fingerprint density at radius 1 is 0.818 bits per heavy atom. The number of urea groups is 2. The molecule has 3 N–H and O–H groups in total. The molecule has 33 heavy (non-hydrogen) atoms. The Hall–Kier alpha value is -3.27. The second-order valence-corrected chi connectivity index (χ2v) is 7.27. The van der Waals surface area contributed by atoms with Crippen LogP contribution in [0.15, 0.2) is 54.6 Å². The van der Waals surface area contributed by atoms with Gasteiger partial charge in [-0.05, 0) is 49.5 Å². The molecule has 10 heteroatoms. The van der Waals surface area contributed by atoms with Crippen LogP contribution in [0.25, 0.3) is 0 Å². The number of hydrogen-bond acceptors (Lipinski definition) is 3. The highest BCUT2D eigenvalue weighted by molar-refractivity contribution is 5.90. The number of rotatable bonds is 10. The maximum atomic E-state index is 12.8. The van der Waals surface area contributed by atoms with Crippen molar-refractivity contribution in [2.45, 2.75) is 20.0 Å². The lowest BCUT2D eigenvalue weighted by Crippen LogP contribution is -2.45. The average molecular weight is 466 g/mol. The van der Waals surface area contributed by atoms with Gasteiger partial charge in [0.15, 0.2) is 0 Å². The number of halogens is 3. The minimum atomic E-state index is -4.44. The van der Waals surface area contributed by atoms with Crippen LogP contribution in [0.4, 0.5) is 34.1 Å². The monoisotopic (exact) mass is 465 g/mol. The predicted octanol–water partition coefficient (Wildman–Crippen LogP) is 4.70. The third-order valence-corrected chi connectivity index (χ3v) is 5.03. The van der Waals surface area contributed by atoms with Gasteiger partial charge in [0, 0.05) is 37.6 Å². The van der Waals surface area contributed by atoms with Crippen LogP contribution in [0, 0.1) is 0 Å². The molecule has 0 saturated carbocycles. The Morgan fingerprint density at radius 2 is 1.42 bits per heavy atom. The molecular formula is C23H30F3N5O2. The van der Waals surface area contributed by atoms with Gasteiger partial charge in [-0.25, -0.2) is 9.59 Å². The van der Waals surface area contributed by atoms with Crippen LogP contribution < -0.4 is 16.0 Å². The van der Waals surface area contributed by atoms with E-state index >= 15 is 0 Å². The fourth-order valence-corrected chi connectivity index (χ4v) is 3.06. The van der Waals surface area contributed by atoms with Gasteiger partial charge in [0.25, 0.3) is 0 Å². The number of carbonyl (C=O) groups excluding carboxylic acids is 2. The summed E-state index contributed by atoms with van der Waals surface area (Å²) in [7, 11) is 0. The van der Waals surface area contributed by atoms with Gasteiger partial charge in [-0.3, -0.25) is 0 Å². The largest absolute Gasteiger partial charge is 0.416 e. The fourth-order valence-electron chi connectivity index (χ4n) is 3.06. The molecule has 4 amide bonds. The van der Waals surface area contributed by atoms with Crippen LogP contribution in [-0.2, 0) is 6.18 Å². The number of hydrogen-bond donors (Lipinski definition) is 3. The minimum absolute atomic E-state index is 0.206. The lowest BCUT2D eigenvalue weighted by atomic mass is 10.2. The molecule has 180 valence electrons. The molecule has 0 aliphatic heterocycles. The summed E-state index contributed by atoms with van der Waals surface area (Å²) in [5.74, 6) is 0. The Balaban J connectivity index is 1.95. The Kier molecular flexibility index (Phi) is 9.99. The molecule has 0 bridgehead atoms. The summed E-state index contributed by atoms with van der Waals surface area (Å²) in [5.41, 5.74) is 0.122. The van der Waals surface area contributed by atoms with Crippen LogP contribution in [-0.4, -0.2) is 61.1 Å². The SMILES string of the molecule is CCN(CC)CCN(CCNC(=O)Nc1ccccc1)C(=O)Nc1ccc(C(F)(F)F)cc1. The topological polar surface area (TPSA) is 76.7 Å². The number of para-hydroxylation sites is 1. The highest BCUT2D eigenvalue weighted by atomic mass is 19.4. The van der Waals surface area contributed by atoms with E-state index in [1.54, 1.807) is 24.3 Å². The van der Waals surface area contributed by atoms with Crippen molar-refractivity contribution in [3.63, 3.8) is 0 Å². The van der Waals surface area contributed by atoms with Crippen molar-refractivity contribution in [1.82, 2.24) is 15.1 Å². The van der Waals surface area contributed by atoms with E-state index in [9.17, 15) is 22.8 Å². The van der Waals surface area contributed by atoms with Crippen LogP contribution >= 0.6 is 0 Å². The molecule has 0 unspecified atom stereocenters. The van der Waals surface area contributed by atoms with Crippen LogP contribution in [0.3, 0.4) is 0 Å². The van der Waals surface area contributed by atoms with Crippen molar-refractivity contribution in [1.29, 1.82) is 0 Å². The molecule has 0 aliphatic rings. The Morgan fingerprint density at radius 3 is 2.00 bits per heavy atom. The summed E-state index contributed by atoms with van der Waals surface area (Å²) in [6, 6.07) is 12.4. The number of amides is 4. The van der Waals surface area contributed by atoms with Gasteiger partial charge in [0.05, 0.1) is 5.56 Å². The standard InChI is InChI=1S/C23H30F3N5O2/c1-3-30(4-2)16-17-31(15-14-27-21(32)28-19-8-6-5-7-9-19)22(33)29-20-12-10-18(11-13-20)23(24,25)26/h5-13H,3-4,14-17H2,1-2H3,(H,29,33)(H2,27,28,32). The van der Waals surface area contributed by atoms with Gasteiger partial charge < -0.3 is 25.8 Å². The fraction of sp³-hybridized carbons (Fsp3) is 0.391. The van der Waals surface area contributed by atoms with E-state index in [1.807, 2.05) is 19.9 Å². The molecule has 0 aromatic heterocycles. The number of anilines is 2. The first kappa shape index (κ1) is 26.0. The van der Waals surface area contributed by atoms with E-state index in [-0.39, 0.29) is 18.8 Å². The van der Waals surface area contributed by atoms with E-state index in [1.165, 1.54) is 17.0 Å². The highest BCUT2D eigenvalue weighted by Crippen LogP contribution is 2.29. The summed E-state index contributed by atoms with van der Waals surface area (Å²) < 4.78 is 38.3. The zero-order valence-electron chi connectivity index (χ0n) is 18.8. The summed E-state index contributed by atoms with van der Waals surface area (Å²) in [4.78, 5) is 28.6. The van der Waals surface area contributed by atoms with Crippen LogP contribution in [0.2, 0.25) is 0 Å². The normalized spacial score (nSPS) is 11.2. The lowest BCUT2D eigenvalue weighted by molar-refractivity contribution is -0.137. The molecular weight excluding hydrogens is 435 g/mol. The van der Waals surface area contributed by atoms with E-state index in [0.29, 0.717) is 18.8 Å². The average Bonchev–Trinajstić information content (AvgIpc) is 2.78. The van der Waals surface area contributed by atoms with Gasteiger partial charge in [-0.2, -0.15) is 13.2 Å². The van der Waals surface area contributed by atoms with E-state index in [0.717, 1.165) is 25.2 Å².